The van der Waals surface area contributed by atoms with E-state index in [0.717, 1.165) is 43.0 Å². The molecule has 1 aliphatic heterocycles. The fourth-order valence-corrected chi connectivity index (χ4v) is 3.50. The van der Waals surface area contributed by atoms with Crippen molar-refractivity contribution in [1.29, 1.82) is 0 Å². The molecular formula is C21H26ClN3O3. The van der Waals surface area contributed by atoms with E-state index in [9.17, 15) is 9.59 Å². The Balaban J connectivity index is 1.64. The molecule has 0 spiro atoms. The van der Waals surface area contributed by atoms with Crippen LogP contribution in [0, 0.1) is 19.8 Å². The van der Waals surface area contributed by atoms with Gasteiger partial charge in [0.25, 0.3) is 5.91 Å². The molecule has 150 valence electrons. The molecule has 7 heteroatoms. The smallest absolute Gasteiger partial charge is 0.338 e. The highest BCUT2D eigenvalue weighted by molar-refractivity contribution is 6.31. The second-order valence-electron chi connectivity index (χ2n) is 7.50. The topological polar surface area (TPSA) is 64.4 Å². The minimum absolute atomic E-state index is 0.130. The van der Waals surface area contributed by atoms with E-state index < -0.39 is 12.1 Å². The molecule has 1 aromatic heterocycles. The first-order valence-corrected chi connectivity index (χ1v) is 9.97. The van der Waals surface area contributed by atoms with E-state index in [-0.39, 0.29) is 5.91 Å². The molecule has 1 fully saturated rings. The van der Waals surface area contributed by atoms with Gasteiger partial charge in [-0.2, -0.15) is 5.10 Å². The highest BCUT2D eigenvalue weighted by Crippen LogP contribution is 2.23. The summed E-state index contributed by atoms with van der Waals surface area (Å²) >= 11 is 6.20. The summed E-state index contributed by atoms with van der Waals surface area (Å²) in [5, 5.41) is 5.03. The van der Waals surface area contributed by atoms with Crippen molar-refractivity contribution in [3.63, 3.8) is 0 Å². The number of esters is 1. The highest BCUT2D eigenvalue weighted by atomic mass is 35.5. The summed E-state index contributed by atoms with van der Waals surface area (Å²) in [5.41, 5.74) is 2.78. The van der Waals surface area contributed by atoms with Crippen molar-refractivity contribution in [3.05, 3.63) is 46.2 Å². The number of amides is 1. The molecular weight excluding hydrogens is 378 g/mol. The number of piperidine rings is 1. The van der Waals surface area contributed by atoms with Crippen molar-refractivity contribution in [2.45, 2.75) is 46.6 Å². The summed E-state index contributed by atoms with van der Waals surface area (Å²) in [6.07, 6.45) is 1.18. The first-order valence-electron chi connectivity index (χ1n) is 9.60. The third-order valence-corrected chi connectivity index (χ3v) is 5.82. The minimum atomic E-state index is -0.796. The predicted molar refractivity (Wildman–Crippen MR) is 108 cm³/mol. The van der Waals surface area contributed by atoms with Crippen LogP contribution in [0.15, 0.2) is 24.3 Å². The van der Waals surface area contributed by atoms with Gasteiger partial charge in [0.2, 0.25) is 0 Å². The van der Waals surface area contributed by atoms with Gasteiger partial charge in [-0.15, -0.1) is 0 Å². The van der Waals surface area contributed by atoms with Gasteiger partial charge in [0.05, 0.1) is 27.7 Å². The molecule has 0 saturated carbocycles. The SMILES string of the molecule is Cc1nn(-c2ccc(C(=O)OC(C)C(=O)N3CCC(C)CC3)cc2)c(C)c1Cl. The van der Waals surface area contributed by atoms with Crippen LogP contribution in [-0.2, 0) is 9.53 Å². The second kappa shape index (κ2) is 8.35. The summed E-state index contributed by atoms with van der Waals surface area (Å²) < 4.78 is 7.13. The van der Waals surface area contributed by atoms with Crippen molar-refractivity contribution in [2.75, 3.05) is 13.1 Å². The Hall–Kier alpha value is -2.34. The van der Waals surface area contributed by atoms with Crippen molar-refractivity contribution in [3.8, 4) is 5.69 Å². The zero-order valence-corrected chi connectivity index (χ0v) is 17.5. The number of ether oxygens (including phenoxy) is 1. The van der Waals surface area contributed by atoms with Crippen LogP contribution in [0.3, 0.4) is 0 Å². The van der Waals surface area contributed by atoms with Gasteiger partial charge in [-0.05, 0) is 63.8 Å². The average molecular weight is 404 g/mol. The molecule has 1 atom stereocenters. The molecule has 0 aliphatic carbocycles. The van der Waals surface area contributed by atoms with E-state index in [2.05, 4.69) is 12.0 Å². The lowest BCUT2D eigenvalue weighted by Crippen LogP contribution is -2.44. The number of halogens is 1. The summed E-state index contributed by atoms with van der Waals surface area (Å²) in [5.74, 6) is -0.00385. The summed E-state index contributed by atoms with van der Waals surface area (Å²) in [6.45, 7) is 9.00. The van der Waals surface area contributed by atoms with Gasteiger partial charge in [-0.25, -0.2) is 9.48 Å². The minimum Gasteiger partial charge on any atom is -0.449 e. The average Bonchev–Trinajstić information content (AvgIpc) is 2.95. The number of hydrogen-bond donors (Lipinski definition) is 0. The number of nitrogens with zero attached hydrogens (tertiary/aromatic N) is 3. The monoisotopic (exact) mass is 403 g/mol. The lowest BCUT2D eigenvalue weighted by atomic mass is 9.99. The Bertz CT molecular complexity index is 868. The van der Waals surface area contributed by atoms with Gasteiger partial charge < -0.3 is 9.64 Å². The first-order chi connectivity index (χ1) is 13.3. The van der Waals surface area contributed by atoms with Crippen LogP contribution in [0.1, 0.15) is 48.4 Å². The fraction of sp³-hybridized carbons (Fsp3) is 0.476. The van der Waals surface area contributed by atoms with Crippen molar-refractivity contribution in [1.82, 2.24) is 14.7 Å². The van der Waals surface area contributed by atoms with Gasteiger partial charge in [0.15, 0.2) is 6.10 Å². The molecule has 0 radical (unpaired) electrons. The predicted octanol–water partition coefficient (Wildman–Crippen LogP) is 3.95. The van der Waals surface area contributed by atoms with E-state index >= 15 is 0 Å². The number of rotatable bonds is 4. The first kappa shape index (κ1) is 20.4. The quantitative estimate of drug-likeness (QED) is 0.725. The Morgan fingerprint density at radius 2 is 1.79 bits per heavy atom. The molecule has 1 aliphatic rings. The van der Waals surface area contributed by atoms with Gasteiger partial charge in [-0.1, -0.05) is 18.5 Å². The number of aromatic nitrogens is 2. The highest BCUT2D eigenvalue weighted by Gasteiger charge is 2.27. The molecule has 1 saturated heterocycles. The van der Waals surface area contributed by atoms with Crippen molar-refractivity contribution >= 4 is 23.5 Å². The zero-order chi connectivity index (χ0) is 20.4. The normalized spacial score (nSPS) is 16.1. The van der Waals surface area contributed by atoms with E-state index in [1.807, 2.05) is 13.8 Å². The van der Waals surface area contributed by atoms with Crippen LogP contribution >= 0.6 is 11.6 Å². The van der Waals surface area contributed by atoms with Gasteiger partial charge in [-0.3, -0.25) is 4.79 Å². The third kappa shape index (κ3) is 4.22. The Morgan fingerprint density at radius 3 is 2.32 bits per heavy atom. The molecule has 1 unspecified atom stereocenters. The maximum absolute atomic E-state index is 12.5. The molecule has 2 heterocycles. The van der Waals surface area contributed by atoms with Gasteiger partial charge in [0.1, 0.15) is 0 Å². The summed E-state index contributed by atoms with van der Waals surface area (Å²) in [7, 11) is 0. The summed E-state index contributed by atoms with van der Waals surface area (Å²) in [6, 6.07) is 6.90. The number of carbonyl (C=O) groups excluding carboxylic acids is 2. The zero-order valence-electron chi connectivity index (χ0n) is 16.7. The van der Waals surface area contributed by atoms with Gasteiger partial charge in [0, 0.05) is 13.1 Å². The number of benzene rings is 1. The van der Waals surface area contributed by atoms with Crippen LogP contribution in [-0.4, -0.2) is 45.8 Å². The molecule has 2 aromatic rings. The standard InChI is InChI=1S/C21H26ClN3O3/c1-13-9-11-24(12-10-13)20(26)16(4)28-21(27)17-5-7-18(8-6-17)25-15(3)19(22)14(2)23-25/h5-8,13,16H,9-12H2,1-4H3. The Kier molecular flexibility index (Phi) is 6.08. The van der Waals surface area contributed by atoms with E-state index in [1.165, 1.54) is 0 Å². The molecule has 0 N–H and O–H groups in total. The number of aryl methyl sites for hydroxylation is 1. The van der Waals surface area contributed by atoms with Crippen LogP contribution in [0.4, 0.5) is 0 Å². The summed E-state index contributed by atoms with van der Waals surface area (Å²) in [4.78, 5) is 26.7. The Morgan fingerprint density at radius 1 is 1.18 bits per heavy atom. The van der Waals surface area contributed by atoms with Crippen molar-refractivity contribution < 1.29 is 14.3 Å². The third-order valence-electron chi connectivity index (χ3n) is 5.28. The lowest BCUT2D eigenvalue weighted by molar-refractivity contribution is -0.141. The van der Waals surface area contributed by atoms with Crippen LogP contribution < -0.4 is 0 Å². The number of hydrogen-bond acceptors (Lipinski definition) is 4. The molecule has 28 heavy (non-hydrogen) atoms. The maximum atomic E-state index is 12.5. The molecule has 6 nitrogen and oxygen atoms in total. The second-order valence-corrected chi connectivity index (χ2v) is 7.88. The van der Waals surface area contributed by atoms with Gasteiger partial charge >= 0.3 is 5.97 Å². The largest absolute Gasteiger partial charge is 0.449 e. The molecule has 3 rings (SSSR count). The van der Waals surface area contributed by atoms with E-state index in [4.69, 9.17) is 16.3 Å². The lowest BCUT2D eigenvalue weighted by Gasteiger charge is -2.31. The van der Waals surface area contributed by atoms with E-state index in [0.29, 0.717) is 16.5 Å². The van der Waals surface area contributed by atoms with Crippen LogP contribution in [0.25, 0.3) is 5.69 Å². The van der Waals surface area contributed by atoms with E-state index in [1.54, 1.807) is 40.8 Å². The maximum Gasteiger partial charge on any atom is 0.338 e. The molecule has 1 amide bonds. The number of likely N-dealkylation sites (tertiary alicyclic amines) is 1. The van der Waals surface area contributed by atoms with Crippen LogP contribution in [0.5, 0.6) is 0 Å². The number of carbonyl (C=O) groups is 2. The Labute approximate surface area is 170 Å². The van der Waals surface area contributed by atoms with Crippen molar-refractivity contribution in [2.24, 2.45) is 5.92 Å². The molecule has 1 aromatic carbocycles. The fourth-order valence-electron chi connectivity index (χ4n) is 3.38. The molecule has 0 bridgehead atoms. The van der Waals surface area contributed by atoms with Crippen LogP contribution in [0.2, 0.25) is 5.02 Å².